The van der Waals surface area contributed by atoms with Crippen LogP contribution in [0.25, 0.3) is 0 Å². The van der Waals surface area contributed by atoms with Crippen LogP contribution in [0.15, 0.2) is 140 Å². The molecule has 1 radical (unpaired) electrons. The molecule has 0 bridgehead atoms. The smallest absolute Gasteiger partial charge is 0.852 e. The van der Waals surface area contributed by atoms with E-state index in [1.54, 1.807) is 42.5 Å². The van der Waals surface area contributed by atoms with Crippen LogP contribution in [0, 0.1) is 23.7 Å². The summed E-state index contributed by atoms with van der Waals surface area (Å²) in [5, 5.41) is 65.4. The Hall–Kier alpha value is -4.01. The number of benzene rings is 2. The van der Waals surface area contributed by atoms with E-state index in [-0.39, 0.29) is 19.5 Å². The van der Waals surface area contributed by atoms with Crippen molar-refractivity contribution in [3.05, 3.63) is 162 Å². The van der Waals surface area contributed by atoms with Crippen molar-refractivity contribution in [1.82, 2.24) is 0 Å². The summed E-state index contributed by atoms with van der Waals surface area (Å²) in [5.74, 6) is 8.75. The fraction of sp³-hybridized carbons (Fsp3) is 0.0513. The van der Waals surface area contributed by atoms with E-state index in [2.05, 4.69) is 23.7 Å². The average molecular weight is 903 g/mol. The van der Waals surface area contributed by atoms with Crippen LogP contribution in [0.4, 0.5) is 0 Å². The summed E-state index contributed by atoms with van der Waals surface area (Å²) in [6.45, 7) is 0. The monoisotopic (exact) mass is 901 g/mol. The van der Waals surface area contributed by atoms with E-state index in [1.807, 2.05) is 60.7 Å². The van der Waals surface area contributed by atoms with Gasteiger partial charge in [-0.2, -0.15) is 0 Å². The quantitative estimate of drug-likeness (QED) is 0.0703. The van der Waals surface area contributed by atoms with Gasteiger partial charge in [-0.3, -0.25) is 0 Å². The number of halogens is 6. The average Bonchev–Trinajstić information content (AvgIpc) is 3.47. The van der Waals surface area contributed by atoms with Crippen LogP contribution < -0.4 is 30.6 Å². The topological polar surface area (TPSA) is 138 Å². The van der Waals surface area contributed by atoms with Gasteiger partial charge in [0.2, 0.25) is 0 Å². The van der Waals surface area contributed by atoms with Crippen LogP contribution in [-0.4, -0.2) is 8.59 Å². The maximum absolute atomic E-state index is 11.1. The van der Waals surface area contributed by atoms with Crippen molar-refractivity contribution < 1.29 is 50.1 Å². The van der Waals surface area contributed by atoms with E-state index in [0.29, 0.717) is 11.1 Å². The Labute approximate surface area is 345 Å². The summed E-state index contributed by atoms with van der Waals surface area (Å²) in [7, 11) is 0. The summed E-state index contributed by atoms with van der Waals surface area (Å²) >= 11 is 28.8. The zero-order valence-electron chi connectivity index (χ0n) is 26.5. The van der Waals surface area contributed by atoms with Crippen molar-refractivity contribution >= 4 is 69.6 Å². The van der Waals surface area contributed by atoms with Crippen LogP contribution in [-0.2, 0) is 19.5 Å². The second-order valence-corrected chi connectivity index (χ2v) is 13.0. The summed E-state index contributed by atoms with van der Waals surface area (Å²) in [4.78, 5) is 0. The molecule has 5 aromatic carbocycles. The molecule has 0 aliphatic rings. The summed E-state index contributed by atoms with van der Waals surface area (Å²) in [6.07, 6.45) is 0. The van der Waals surface area contributed by atoms with Gasteiger partial charge in [0.1, 0.15) is 0 Å². The van der Waals surface area contributed by atoms with Crippen LogP contribution in [0.1, 0.15) is 22.3 Å². The molecular formula is C39H25Cl6O6Ru. The first-order valence-electron chi connectivity index (χ1n) is 14.2. The van der Waals surface area contributed by atoms with E-state index >= 15 is 0 Å². The SMILES string of the molecule is ClC(Cl)Cl.ClC(Cl)Cl.[O-]c1ccc(C#Cc2ccccc2)cc[c+]1[O-].[O-]c1ccc(C#Cc2ccccc2)cc[c+]1[O-].[O-]c1ccccc[c+]1[O-].[Ru+3]. The van der Waals surface area contributed by atoms with Gasteiger partial charge < -0.3 is 30.6 Å². The second-order valence-electron chi connectivity index (χ2n) is 9.07. The van der Waals surface area contributed by atoms with E-state index in [9.17, 15) is 30.6 Å². The normalized spacial score (nSPS) is 8.92. The fourth-order valence-corrected chi connectivity index (χ4v) is 3.11. The minimum atomic E-state index is -0.750. The van der Waals surface area contributed by atoms with Gasteiger partial charge >= 0.3 is 19.5 Å². The molecule has 6 nitrogen and oxygen atoms in total. The molecule has 0 amide bonds. The Morgan fingerprint density at radius 1 is 0.365 bits per heavy atom. The molecule has 0 aromatic heterocycles. The molecule has 5 aromatic rings. The third-order valence-electron chi connectivity index (χ3n) is 5.35. The molecule has 0 saturated carbocycles. The van der Waals surface area contributed by atoms with Crippen molar-refractivity contribution in [2.24, 2.45) is 0 Å². The standard InChI is InChI=1S/2C15H10O2.C7H6O2.2CHCl3.Ru/c2*16-14-10-8-13(9-11-15(14)17)7-6-12-4-2-1-3-5-12;8-6-4-2-1-3-5-7(6)9;2*2-1(3)4;/h2*1-5,8-11,16H;1-5,8H;2*1H;/q;;;;;+3/p-3. The molecule has 0 fully saturated rings. The van der Waals surface area contributed by atoms with Crippen molar-refractivity contribution in [2.75, 3.05) is 0 Å². The molecule has 0 heterocycles. The molecule has 0 N–H and O–H groups in total. The maximum Gasteiger partial charge on any atom is 3.00 e. The molecule has 0 atom stereocenters. The van der Waals surface area contributed by atoms with Gasteiger partial charge in [0.15, 0.2) is 8.59 Å². The van der Waals surface area contributed by atoms with Gasteiger partial charge in [-0.15, -0.1) is 0 Å². The molecule has 52 heavy (non-hydrogen) atoms. The molecule has 13 heteroatoms. The molecule has 0 aliphatic carbocycles. The van der Waals surface area contributed by atoms with E-state index in [0.717, 1.165) is 11.1 Å². The zero-order chi connectivity index (χ0) is 38.0. The van der Waals surface area contributed by atoms with E-state index in [1.165, 1.54) is 36.4 Å². The van der Waals surface area contributed by atoms with Crippen molar-refractivity contribution in [2.45, 2.75) is 8.59 Å². The molecule has 0 saturated heterocycles. The minimum absolute atomic E-state index is 0. The second kappa shape index (κ2) is 28.6. The Kier molecular flexibility index (Phi) is 26.4. The summed E-state index contributed by atoms with van der Waals surface area (Å²) < 4.78 is -1.50. The third kappa shape index (κ3) is 24.2. The van der Waals surface area contributed by atoms with Gasteiger partial charge in [0.05, 0.1) is 11.1 Å². The molecule has 0 unspecified atom stereocenters. The summed E-state index contributed by atoms with van der Waals surface area (Å²) in [6, 6.07) is 37.5. The van der Waals surface area contributed by atoms with Crippen LogP contribution in [0.5, 0.6) is 34.5 Å². The molecular weight excluding hydrogens is 878 g/mol. The first kappa shape index (κ1) is 48.0. The van der Waals surface area contributed by atoms with Crippen LogP contribution in [0.2, 0.25) is 0 Å². The number of hydrogen-bond acceptors (Lipinski definition) is 6. The van der Waals surface area contributed by atoms with Gasteiger partial charge in [0.25, 0.3) is 0 Å². The van der Waals surface area contributed by atoms with E-state index in [4.69, 9.17) is 69.6 Å². The largest absolute Gasteiger partial charge is 3.00 e. The maximum atomic E-state index is 11.1. The van der Waals surface area contributed by atoms with Gasteiger partial charge in [0, 0.05) is 124 Å². The minimum Gasteiger partial charge on any atom is -0.852 e. The van der Waals surface area contributed by atoms with Gasteiger partial charge in [-0.25, -0.2) is 0 Å². The number of hydrogen-bond donors (Lipinski definition) is 0. The third-order valence-corrected chi connectivity index (χ3v) is 5.35. The van der Waals surface area contributed by atoms with Crippen molar-refractivity contribution in [3.63, 3.8) is 0 Å². The van der Waals surface area contributed by atoms with E-state index < -0.39 is 43.1 Å². The Bertz CT molecular complexity index is 1730. The molecule has 0 spiro atoms. The molecule has 5 rings (SSSR count). The number of rotatable bonds is 0. The van der Waals surface area contributed by atoms with Crippen LogP contribution >= 0.6 is 69.6 Å². The Morgan fingerprint density at radius 2 is 0.635 bits per heavy atom. The first-order valence-corrected chi connectivity index (χ1v) is 16.8. The van der Waals surface area contributed by atoms with Crippen LogP contribution in [0.3, 0.4) is 0 Å². The van der Waals surface area contributed by atoms with Crippen molar-refractivity contribution in [3.8, 4) is 58.2 Å². The Morgan fingerprint density at radius 3 is 1.00 bits per heavy atom. The predicted molar refractivity (Wildman–Crippen MR) is 197 cm³/mol. The molecule has 267 valence electrons. The van der Waals surface area contributed by atoms with Crippen molar-refractivity contribution in [1.29, 1.82) is 0 Å². The zero-order valence-corrected chi connectivity index (χ0v) is 32.8. The first-order chi connectivity index (χ1) is 24.3. The van der Waals surface area contributed by atoms with Gasteiger partial charge in [-0.05, 0) is 36.1 Å². The Balaban J connectivity index is 0.000000695. The molecule has 0 aliphatic heterocycles. The van der Waals surface area contributed by atoms with Gasteiger partial charge in [-0.1, -0.05) is 118 Å². The fourth-order valence-electron chi connectivity index (χ4n) is 3.11. The number of alkyl halides is 6. The summed E-state index contributed by atoms with van der Waals surface area (Å²) in [5.41, 5.74) is 3.08. The predicted octanol–water partition coefficient (Wildman–Crippen LogP) is 7.11.